The van der Waals surface area contributed by atoms with Crippen molar-refractivity contribution in [3.63, 3.8) is 0 Å². The van der Waals surface area contributed by atoms with Gasteiger partial charge in [-0.15, -0.1) is 11.3 Å². The van der Waals surface area contributed by atoms with Crippen LogP contribution < -0.4 is 5.32 Å². The summed E-state index contributed by atoms with van der Waals surface area (Å²) >= 11 is 1.55. The first kappa shape index (κ1) is 17.4. The molecular weight excluding hydrogens is 332 g/mol. The van der Waals surface area contributed by atoms with Crippen molar-refractivity contribution in [3.8, 4) is 0 Å². The van der Waals surface area contributed by atoms with Crippen LogP contribution in [0.1, 0.15) is 43.4 Å². The number of piperidine rings is 2. The number of carbonyl (C=O) groups is 1. The zero-order valence-corrected chi connectivity index (χ0v) is 16.1. The number of aryl methyl sites for hydroxylation is 1. The minimum absolute atomic E-state index is 0.0869. The van der Waals surface area contributed by atoms with Crippen LogP contribution in [0, 0.1) is 18.8 Å². The summed E-state index contributed by atoms with van der Waals surface area (Å²) in [7, 11) is 0. The Morgan fingerprint density at radius 1 is 1.20 bits per heavy atom. The van der Waals surface area contributed by atoms with Gasteiger partial charge in [0, 0.05) is 30.2 Å². The molecule has 6 heteroatoms. The van der Waals surface area contributed by atoms with Crippen LogP contribution in [0.2, 0.25) is 0 Å². The molecule has 1 N–H and O–H groups in total. The average molecular weight is 363 g/mol. The second-order valence-electron chi connectivity index (χ2n) is 8.06. The van der Waals surface area contributed by atoms with Crippen molar-refractivity contribution >= 4 is 22.4 Å². The van der Waals surface area contributed by atoms with E-state index < -0.39 is 0 Å². The van der Waals surface area contributed by atoms with E-state index in [1.165, 1.54) is 51.6 Å². The van der Waals surface area contributed by atoms with Crippen molar-refractivity contribution < 1.29 is 4.79 Å². The molecule has 0 unspecified atom stereocenters. The Hall–Kier alpha value is -0.980. The van der Waals surface area contributed by atoms with E-state index in [4.69, 9.17) is 0 Å². The number of fused-ring (bicyclic) bond motifs is 2. The zero-order chi connectivity index (χ0) is 17.2. The fourth-order valence-corrected chi connectivity index (χ4v) is 5.90. The van der Waals surface area contributed by atoms with E-state index in [0.717, 1.165) is 41.0 Å². The van der Waals surface area contributed by atoms with E-state index in [-0.39, 0.29) is 5.91 Å². The summed E-state index contributed by atoms with van der Waals surface area (Å²) in [4.78, 5) is 22.9. The van der Waals surface area contributed by atoms with Gasteiger partial charge in [0.05, 0.1) is 6.54 Å². The van der Waals surface area contributed by atoms with E-state index in [9.17, 15) is 4.79 Å². The lowest BCUT2D eigenvalue weighted by Crippen LogP contribution is -2.59. The first-order valence-electron chi connectivity index (χ1n) is 9.88. The summed E-state index contributed by atoms with van der Waals surface area (Å²) in [5.74, 6) is 1.59. The Morgan fingerprint density at radius 2 is 1.92 bits per heavy atom. The highest BCUT2D eigenvalue weighted by atomic mass is 32.1. The maximum atomic E-state index is 12.4. The molecule has 1 aromatic rings. The Kier molecular flexibility index (Phi) is 5.39. The van der Waals surface area contributed by atoms with Crippen LogP contribution in [-0.4, -0.2) is 59.5 Å². The molecule has 3 aliphatic rings. The minimum Gasteiger partial charge on any atom is -0.301 e. The van der Waals surface area contributed by atoms with Gasteiger partial charge >= 0.3 is 0 Å². The van der Waals surface area contributed by atoms with E-state index in [1.54, 1.807) is 11.3 Å². The van der Waals surface area contributed by atoms with Crippen molar-refractivity contribution in [1.82, 2.24) is 14.8 Å². The number of carbonyl (C=O) groups excluding carboxylic acids is 1. The lowest BCUT2D eigenvalue weighted by atomic mass is 9.72. The topological polar surface area (TPSA) is 48.5 Å². The number of nitrogens with zero attached hydrogens (tertiary/aromatic N) is 3. The van der Waals surface area contributed by atoms with Gasteiger partial charge in [0.25, 0.3) is 0 Å². The Morgan fingerprint density at radius 3 is 2.56 bits per heavy atom. The lowest BCUT2D eigenvalue weighted by molar-refractivity contribution is -0.119. The fourth-order valence-electron chi connectivity index (χ4n) is 5.22. The van der Waals surface area contributed by atoms with Gasteiger partial charge in [-0.2, -0.15) is 0 Å². The molecule has 0 aromatic carbocycles. The number of thiazole rings is 1. The van der Waals surface area contributed by atoms with Gasteiger partial charge in [-0.25, -0.2) is 4.98 Å². The quantitative estimate of drug-likeness (QED) is 0.895. The van der Waals surface area contributed by atoms with E-state index in [1.807, 2.05) is 13.1 Å². The number of hydrogen-bond donors (Lipinski definition) is 1. The fraction of sp³-hybridized carbons (Fsp3) is 0.789. The third-order valence-corrected chi connectivity index (χ3v) is 6.98. The Bertz CT molecular complexity index is 584. The molecular formula is C19H30N4OS. The summed E-state index contributed by atoms with van der Waals surface area (Å²) in [6.45, 7) is 7.28. The summed E-state index contributed by atoms with van der Waals surface area (Å²) in [5.41, 5.74) is 0. The first-order chi connectivity index (χ1) is 12.2. The third kappa shape index (κ3) is 4.07. The van der Waals surface area contributed by atoms with Crippen LogP contribution >= 0.6 is 11.3 Å². The van der Waals surface area contributed by atoms with Crippen LogP contribution in [0.4, 0.5) is 5.13 Å². The monoisotopic (exact) mass is 362 g/mol. The first-order valence-corrected chi connectivity index (χ1v) is 10.7. The average Bonchev–Trinajstić information content (AvgIpc) is 2.99. The second-order valence-corrected chi connectivity index (χ2v) is 9.29. The molecule has 1 amide bonds. The van der Waals surface area contributed by atoms with Crippen LogP contribution in [0.25, 0.3) is 0 Å². The third-order valence-electron chi connectivity index (χ3n) is 6.15. The van der Waals surface area contributed by atoms with Crippen molar-refractivity contribution in [2.45, 2.75) is 51.5 Å². The largest absolute Gasteiger partial charge is 0.301 e. The summed E-state index contributed by atoms with van der Waals surface area (Å²) in [6.07, 6.45) is 10.0. The highest BCUT2D eigenvalue weighted by molar-refractivity contribution is 7.15. The molecule has 4 rings (SSSR count). The van der Waals surface area contributed by atoms with Crippen LogP contribution in [-0.2, 0) is 4.79 Å². The predicted octanol–water partition coefficient (Wildman–Crippen LogP) is 2.98. The molecule has 3 fully saturated rings. The van der Waals surface area contributed by atoms with Crippen molar-refractivity contribution in [1.29, 1.82) is 0 Å². The Labute approximate surface area is 154 Å². The Balaban J connectivity index is 1.35. The molecule has 5 nitrogen and oxygen atoms in total. The van der Waals surface area contributed by atoms with Crippen molar-refractivity contribution in [3.05, 3.63) is 11.1 Å². The van der Waals surface area contributed by atoms with Crippen LogP contribution in [0.15, 0.2) is 6.20 Å². The summed E-state index contributed by atoms with van der Waals surface area (Å²) < 4.78 is 0. The smallest absolute Gasteiger partial charge is 0.240 e. The molecule has 1 saturated carbocycles. The molecule has 3 heterocycles. The van der Waals surface area contributed by atoms with Gasteiger partial charge in [0.1, 0.15) is 0 Å². The molecule has 2 saturated heterocycles. The van der Waals surface area contributed by atoms with Crippen LogP contribution in [0.3, 0.4) is 0 Å². The number of aromatic nitrogens is 1. The molecule has 2 aliphatic heterocycles. The molecule has 1 aliphatic carbocycles. The van der Waals surface area contributed by atoms with Gasteiger partial charge in [0.15, 0.2) is 5.13 Å². The SMILES string of the molecule is Cc1cnc(NC(=O)CN2C[C@@H]3CCC[C@@H](C2)C3N2CCCCC2)s1. The number of rotatable bonds is 4. The second kappa shape index (κ2) is 7.72. The molecule has 0 radical (unpaired) electrons. The highest BCUT2D eigenvalue weighted by Crippen LogP contribution is 2.38. The predicted molar refractivity (Wildman–Crippen MR) is 102 cm³/mol. The number of hydrogen-bond acceptors (Lipinski definition) is 5. The molecule has 0 spiro atoms. The normalized spacial score (nSPS) is 31.0. The van der Waals surface area contributed by atoms with Crippen LogP contribution in [0.5, 0.6) is 0 Å². The minimum atomic E-state index is 0.0869. The van der Waals surface area contributed by atoms with Gasteiger partial charge in [0.2, 0.25) is 5.91 Å². The summed E-state index contributed by atoms with van der Waals surface area (Å²) in [5, 5.41) is 3.69. The molecule has 2 bridgehead atoms. The molecule has 2 atom stereocenters. The maximum absolute atomic E-state index is 12.4. The lowest BCUT2D eigenvalue weighted by Gasteiger charge is -2.52. The zero-order valence-electron chi connectivity index (χ0n) is 15.2. The molecule has 25 heavy (non-hydrogen) atoms. The number of nitrogens with one attached hydrogen (secondary N) is 1. The maximum Gasteiger partial charge on any atom is 0.240 e. The van der Waals surface area contributed by atoms with Crippen molar-refractivity contribution in [2.24, 2.45) is 11.8 Å². The van der Waals surface area contributed by atoms with Gasteiger partial charge < -0.3 is 5.32 Å². The molecule has 1 aromatic heterocycles. The van der Waals surface area contributed by atoms with E-state index >= 15 is 0 Å². The van der Waals surface area contributed by atoms with Gasteiger partial charge in [-0.3, -0.25) is 14.6 Å². The number of likely N-dealkylation sites (tertiary alicyclic amines) is 2. The number of anilines is 1. The van der Waals surface area contributed by atoms with Gasteiger partial charge in [-0.1, -0.05) is 12.8 Å². The van der Waals surface area contributed by atoms with Crippen molar-refractivity contribution in [2.75, 3.05) is 38.0 Å². The summed E-state index contributed by atoms with van der Waals surface area (Å²) in [6, 6.07) is 0.773. The van der Waals surface area contributed by atoms with Gasteiger partial charge in [-0.05, 0) is 57.5 Å². The standard InChI is InChI=1S/C19H30N4OS/c1-14-10-20-19(25-14)21-17(24)13-22-11-15-6-5-7-16(12-22)18(15)23-8-3-2-4-9-23/h10,15-16,18H,2-9,11-13H2,1H3,(H,20,21,24)/t15-,16-/m0/s1. The highest BCUT2D eigenvalue weighted by Gasteiger charge is 2.42. The number of amides is 1. The van der Waals surface area contributed by atoms with E-state index in [0.29, 0.717) is 6.54 Å². The van der Waals surface area contributed by atoms with E-state index in [2.05, 4.69) is 20.1 Å². The molecule has 138 valence electrons.